The summed E-state index contributed by atoms with van der Waals surface area (Å²) in [6.45, 7) is 5.57. The highest BCUT2D eigenvalue weighted by molar-refractivity contribution is 7.88. The van der Waals surface area contributed by atoms with Crippen LogP contribution < -0.4 is 15.5 Å². The Bertz CT molecular complexity index is 1930. The van der Waals surface area contributed by atoms with Gasteiger partial charge in [0.05, 0.1) is 11.4 Å². The van der Waals surface area contributed by atoms with Gasteiger partial charge in [-0.2, -0.15) is 4.31 Å². The molecular formula is C36H41N5O6S. The van der Waals surface area contributed by atoms with Crippen molar-refractivity contribution in [2.75, 3.05) is 29.9 Å². The zero-order chi connectivity index (χ0) is 33.8. The first-order valence-electron chi connectivity index (χ1n) is 16.8. The number of rotatable bonds is 6. The second-order valence-corrected chi connectivity index (χ2v) is 15.9. The Hall–Kier alpha value is -4.29. The molecule has 0 radical (unpaired) electrons. The van der Waals surface area contributed by atoms with E-state index in [1.165, 1.54) is 4.90 Å². The molecule has 48 heavy (non-hydrogen) atoms. The number of benzene rings is 3. The number of amides is 5. The molecule has 3 saturated heterocycles. The van der Waals surface area contributed by atoms with Crippen LogP contribution in [0.2, 0.25) is 0 Å². The first-order valence-corrected chi connectivity index (χ1v) is 18.4. The predicted molar refractivity (Wildman–Crippen MR) is 183 cm³/mol. The highest BCUT2D eigenvalue weighted by Gasteiger charge is 2.41. The molecule has 5 amide bonds. The minimum absolute atomic E-state index is 0.114. The Morgan fingerprint density at radius 2 is 1.73 bits per heavy atom. The third-order valence-electron chi connectivity index (χ3n) is 10.4. The lowest BCUT2D eigenvalue weighted by atomic mass is 9.85. The van der Waals surface area contributed by atoms with Crippen LogP contribution in [0.4, 0.5) is 16.2 Å². The van der Waals surface area contributed by atoms with Crippen molar-refractivity contribution in [3.63, 3.8) is 0 Å². The van der Waals surface area contributed by atoms with Crippen LogP contribution in [0.3, 0.4) is 0 Å². The Morgan fingerprint density at radius 1 is 0.958 bits per heavy atom. The van der Waals surface area contributed by atoms with Crippen molar-refractivity contribution < 1.29 is 27.6 Å². The highest BCUT2D eigenvalue weighted by Crippen LogP contribution is 2.44. The van der Waals surface area contributed by atoms with Crippen LogP contribution in [0.5, 0.6) is 0 Å². The van der Waals surface area contributed by atoms with Crippen molar-refractivity contribution in [3.8, 4) is 0 Å². The first-order chi connectivity index (χ1) is 22.9. The van der Waals surface area contributed by atoms with E-state index < -0.39 is 27.5 Å². The number of hydrogen-bond donors (Lipinski definition) is 2. The topological polar surface area (TPSA) is 136 Å². The standard InChI is InChI=1S/C36H41N5O6S/c1-36(2)17-3-4-18-40(36)48(46,47)22-23-7-5-8-25(21-23)37-35(45)39-19-15-24(16-20-39)26-11-12-29-32-27(26)9-6-10-28(32)34(44)41(29)30-13-14-31(42)38-33(30)43/h5-12,21,24,30H,3-4,13-20,22H2,1-2H3,(H,37,45)(H,38,42,43). The van der Waals surface area contributed by atoms with Gasteiger partial charge in [-0.3, -0.25) is 24.6 Å². The maximum atomic E-state index is 13.5. The second-order valence-electron chi connectivity index (χ2n) is 14.0. The minimum atomic E-state index is -3.52. The number of nitrogens with one attached hydrogen (secondary N) is 2. The van der Waals surface area contributed by atoms with E-state index in [0.29, 0.717) is 42.1 Å². The largest absolute Gasteiger partial charge is 0.324 e. The third-order valence-corrected chi connectivity index (χ3v) is 12.5. The number of imide groups is 1. The number of sulfonamides is 1. The Morgan fingerprint density at radius 3 is 2.48 bits per heavy atom. The molecule has 3 aromatic rings. The fraction of sp³-hybridized carbons (Fsp3) is 0.444. The van der Waals surface area contributed by atoms with Crippen LogP contribution in [0, 0.1) is 0 Å². The summed E-state index contributed by atoms with van der Waals surface area (Å²) >= 11 is 0. The van der Waals surface area contributed by atoms with Gasteiger partial charge in [-0.15, -0.1) is 0 Å². The maximum absolute atomic E-state index is 13.5. The lowest BCUT2D eigenvalue weighted by molar-refractivity contribution is -0.134. The van der Waals surface area contributed by atoms with E-state index in [-0.39, 0.29) is 42.4 Å². The van der Waals surface area contributed by atoms with Gasteiger partial charge in [0.1, 0.15) is 6.04 Å². The molecule has 4 aliphatic heterocycles. The number of piperidine rings is 3. The summed E-state index contributed by atoms with van der Waals surface area (Å²) in [5.41, 5.74) is 3.14. The van der Waals surface area contributed by atoms with Gasteiger partial charge >= 0.3 is 6.03 Å². The second kappa shape index (κ2) is 12.3. The fourth-order valence-electron chi connectivity index (χ4n) is 8.00. The average molecular weight is 672 g/mol. The van der Waals surface area contributed by atoms with Crippen molar-refractivity contribution in [2.45, 2.75) is 82.0 Å². The number of carbonyl (C=O) groups is 4. The lowest BCUT2D eigenvalue weighted by Crippen LogP contribution is -2.53. The summed E-state index contributed by atoms with van der Waals surface area (Å²) in [7, 11) is -3.52. The summed E-state index contributed by atoms with van der Waals surface area (Å²) < 4.78 is 28.3. The van der Waals surface area contributed by atoms with Gasteiger partial charge in [0.2, 0.25) is 21.8 Å². The van der Waals surface area contributed by atoms with Gasteiger partial charge in [0.25, 0.3) is 5.91 Å². The van der Waals surface area contributed by atoms with E-state index in [1.54, 1.807) is 39.5 Å². The molecule has 1 atom stereocenters. The van der Waals surface area contributed by atoms with Crippen molar-refractivity contribution in [1.29, 1.82) is 0 Å². The highest BCUT2D eigenvalue weighted by atomic mass is 32.2. The fourth-order valence-corrected chi connectivity index (χ4v) is 10.0. The molecule has 0 aliphatic carbocycles. The molecule has 0 bridgehead atoms. The molecule has 0 aromatic heterocycles. The van der Waals surface area contributed by atoms with Crippen LogP contribution in [0.15, 0.2) is 54.6 Å². The maximum Gasteiger partial charge on any atom is 0.321 e. The van der Waals surface area contributed by atoms with Gasteiger partial charge in [0, 0.05) is 48.2 Å². The zero-order valence-corrected chi connectivity index (χ0v) is 28.1. The third kappa shape index (κ3) is 5.85. The Balaban J connectivity index is 1.02. The molecule has 4 heterocycles. The average Bonchev–Trinajstić information content (AvgIpc) is 3.33. The number of anilines is 2. The molecule has 11 nitrogen and oxygen atoms in total. The van der Waals surface area contributed by atoms with E-state index >= 15 is 0 Å². The van der Waals surface area contributed by atoms with Crippen molar-refractivity contribution in [1.82, 2.24) is 14.5 Å². The van der Waals surface area contributed by atoms with Crippen molar-refractivity contribution in [3.05, 3.63) is 71.3 Å². The van der Waals surface area contributed by atoms with Gasteiger partial charge in [-0.1, -0.05) is 36.8 Å². The summed E-state index contributed by atoms with van der Waals surface area (Å²) in [5, 5.41) is 7.14. The van der Waals surface area contributed by atoms with E-state index in [4.69, 9.17) is 0 Å². The number of likely N-dealkylation sites (tertiary alicyclic amines) is 1. The first kappa shape index (κ1) is 32.3. The van der Waals surface area contributed by atoms with Gasteiger partial charge in [0.15, 0.2) is 0 Å². The molecule has 12 heteroatoms. The zero-order valence-electron chi connectivity index (χ0n) is 27.3. The Labute approximate surface area is 280 Å². The number of carbonyl (C=O) groups excluding carboxylic acids is 4. The van der Waals surface area contributed by atoms with Crippen LogP contribution in [-0.4, -0.2) is 72.6 Å². The van der Waals surface area contributed by atoms with Crippen LogP contribution in [0.25, 0.3) is 10.8 Å². The Kier molecular flexibility index (Phi) is 8.27. The molecule has 0 spiro atoms. The molecule has 3 aromatic carbocycles. The summed E-state index contributed by atoms with van der Waals surface area (Å²) in [5.74, 6) is -0.945. The number of urea groups is 1. The summed E-state index contributed by atoms with van der Waals surface area (Å²) in [6, 6.07) is 15.7. The number of nitrogens with zero attached hydrogens (tertiary/aromatic N) is 3. The monoisotopic (exact) mass is 671 g/mol. The van der Waals surface area contributed by atoms with E-state index in [0.717, 1.165) is 48.4 Å². The van der Waals surface area contributed by atoms with E-state index in [1.807, 2.05) is 38.1 Å². The quantitative estimate of drug-likeness (QED) is 0.350. The van der Waals surface area contributed by atoms with Crippen LogP contribution in [0.1, 0.15) is 86.2 Å². The molecule has 2 N–H and O–H groups in total. The molecule has 3 fully saturated rings. The SMILES string of the molecule is CC1(C)CCCCN1S(=O)(=O)Cc1cccc(NC(=O)N2CCC(c3ccc4c5c(cccc35)C(=O)N4C3CCC(=O)NC3=O)CC2)c1. The molecule has 0 saturated carbocycles. The summed E-state index contributed by atoms with van der Waals surface area (Å²) in [4.78, 5) is 54.6. The predicted octanol–water partition coefficient (Wildman–Crippen LogP) is 5.11. The molecule has 4 aliphatic rings. The number of hydrogen-bond acceptors (Lipinski definition) is 6. The molecule has 7 rings (SSSR count). The van der Waals surface area contributed by atoms with E-state index in [2.05, 4.69) is 10.6 Å². The lowest BCUT2D eigenvalue weighted by Gasteiger charge is -2.41. The smallest absolute Gasteiger partial charge is 0.321 e. The molecule has 1 unspecified atom stereocenters. The van der Waals surface area contributed by atoms with Gasteiger partial charge in [-0.05, 0) is 92.6 Å². The van der Waals surface area contributed by atoms with Crippen molar-refractivity contribution in [2.24, 2.45) is 0 Å². The molecular weight excluding hydrogens is 630 g/mol. The van der Waals surface area contributed by atoms with Crippen LogP contribution >= 0.6 is 0 Å². The van der Waals surface area contributed by atoms with Gasteiger partial charge < -0.3 is 10.2 Å². The van der Waals surface area contributed by atoms with Crippen molar-refractivity contribution >= 4 is 55.9 Å². The van der Waals surface area contributed by atoms with Gasteiger partial charge in [-0.25, -0.2) is 13.2 Å². The molecule has 252 valence electrons. The minimum Gasteiger partial charge on any atom is -0.324 e. The van der Waals surface area contributed by atoms with Crippen LogP contribution in [-0.2, 0) is 25.4 Å². The van der Waals surface area contributed by atoms with E-state index in [9.17, 15) is 27.6 Å². The summed E-state index contributed by atoms with van der Waals surface area (Å²) in [6.07, 6.45) is 4.67. The normalized spacial score (nSPS) is 21.9.